The second kappa shape index (κ2) is 10.8. The Morgan fingerprint density at radius 1 is 1.28 bits per heavy atom. The van der Waals surface area contributed by atoms with E-state index in [9.17, 15) is 4.39 Å². The molecule has 0 bridgehead atoms. The van der Waals surface area contributed by atoms with Crippen LogP contribution in [0.2, 0.25) is 0 Å². The summed E-state index contributed by atoms with van der Waals surface area (Å²) in [6.07, 6.45) is 3.88. The van der Waals surface area contributed by atoms with Gasteiger partial charge in [0.2, 0.25) is 0 Å². The Kier molecular flexibility index (Phi) is 7.81. The van der Waals surface area contributed by atoms with E-state index in [4.69, 9.17) is 9.73 Å². The maximum Gasteiger partial charge on any atom is 0.191 e. The van der Waals surface area contributed by atoms with Gasteiger partial charge in [0.1, 0.15) is 11.6 Å². The first-order valence-electron chi connectivity index (χ1n) is 10.2. The number of aromatic nitrogens is 1. The summed E-state index contributed by atoms with van der Waals surface area (Å²) in [6, 6.07) is 11.5. The van der Waals surface area contributed by atoms with Crippen molar-refractivity contribution in [3.05, 3.63) is 59.5 Å². The summed E-state index contributed by atoms with van der Waals surface area (Å²) in [5, 5.41) is 6.85. The zero-order chi connectivity index (χ0) is 20.5. The Hall–Kier alpha value is -2.67. The molecule has 1 fully saturated rings. The van der Waals surface area contributed by atoms with Gasteiger partial charge in [-0.05, 0) is 49.6 Å². The molecule has 1 aromatic carbocycles. The van der Waals surface area contributed by atoms with E-state index in [1.807, 2.05) is 24.4 Å². The van der Waals surface area contributed by atoms with Gasteiger partial charge < -0.3 is 20.3 Å². The van der Waals surface area contributed by atoms with Gasteiger partial charge in [0.15, 0.2) is 5.96 Å². The lowest BCUT2D eigenvalue weighted by atomic mass is 10.1. The van der Waals surface area contributed by atoms with Gasteiger partial charge in [0, 0.05) is 44.5 Å². The monoisotopic (exact) mass is 399 g/mol. The molecule has 2 N–H and O–H groups in total. The molecule has 0 radical (unpaired) electrons. The van der Waals surface area contributed by atoms with Gasteiger partial charge in [-0.1, -0.05) is 12.1 Å². The standard InChI is InChI=1S/C22H30FN5O/c1-3-24-22(26-15-17-7-8-20(23)18(14-17)16-29-2)27-19-9-12-28(13-10-19)21-6-4-5-11-25-21/h4-8,11,14,19H,3,9-10,12-13,15-16H2,1-2H3,(H2,24,26,27). The number of halogens is 1. The van der Waals surface area contributed by atoms with Crippen molar-refractivity contribution in [3.8, 4) is 0 Å². The second-order valence-corrected chi connectivity index (χ2v) is 7.15. The Balaban J connectivity index is 1.57. The summed E-state index contributed by atoms with van der Waals surface area (Å²) >= 11 is 0. The Labute approximate surface area is 172 Å². The number of aliphatic imine (C=N–C) groups is 1. The number of anilines is 1. The highest BCUT2D eigenvalue weighted by Crippen LogP contribution is 2.17. The van der Waals surface area contributed by atoms with Crippen molar-refractivity contribution in [1.29, 1.82) is 0 Å². The first kappa shape index (κ1) is 21.0. The molecule has 1 aromatic heterocycles. The number of rotatable bonds is 7. The van der Waals surface area contributed by atoms with Gasteiger partial charge >= 0.3 is 0 Å². The Morgan fingerprint density at radius 2 is 2.10 bits per heavy atom. The lowest BCUT2D eigenvalue weighted by Gasteiger charge is -2.33. The smallest absolute Gasteiger partial charge is 0.191 e. The van der Waals surface area contributed by atoms with Crippen molar-refractivity contribution < 1.29 is 9.13 Å². The van der Waals surface area contributed by atoms with E-state index >= 15 is 0 Å². The van der Waals surface area contributed by atoms with Crippen LogP contribution in [0.4, 0.5) is 10.2 Å². The molecule has 0 aliphatic carbocycles. The third kappa shape index (κ3) is 6.15. The maximum atomic E-state index is 13.8. The molecule has 2 aromatic rings. The lowest BCUT2D eigenvalue weighted by Crippen LogP contribution is -2.48. The maximum absolute atomic E-state index is 13.8. The number of nitrogens with zero attached hydrogens (tertiary/aromatic N) is 3. The minimum atomic E-state index is -0.246. The molecule has 2 heterocycles. The number of methoxy groups -OCH3 is 1. The van der Waals surface area contributed by atoms with Crippen molar-refractivity contribution in [2.24, 2.45) is 4.99 Å². The van der Waals surface area contributed by atoms with Crippen LogP contribution in [-0.4, -0.2) is 43.7 Å². The summed E-state index contributed by atoms with van der Waals surface area (Å²) in [6.45, 7) is 5.51. The number of pyridine rings is 1. The van der Waals surface area contributed by atoms with Gasteiger partial charge in [0.25, 0.3) is 0 Å². The van der Waals surface area contributed by atoms with Gasteiger partial charge in [0.05, 0.1) is 13.2 Å². The van der Waals surface area contributed by atoms with Crippen molar-refractivity contribution in [2.45, 2.75) is 39.0 Å². The van der Waals surface area contributed by atoms with Crippen LogP contribution in [0.5, 0.6) is 0 Å². The van der Waals surface area contributed by atoms with Crippen molar-refractivity contribution in [1.82, 2.24) is 15.6 Å². The highest BCUT2D eigenvalue weighted by Gasteiger charge is 2.20. The molecule has 0 spiro atoms. The SMILES string of the molecule is CCNC(=NCc1ccc(F)c(COC)c1)NC1CCN(c2ccccn2)CC1. The van der Waals surface area contributed by atoms with E-state index in [2.05, 4.69) is 33.5 Å². The lowest BCUT2D eigenvalue weighted by molar-refractivity contribution is 0.181. The van der Waals surface area contributed by atoms with Crippen molar-refractivity contribution in [3.63, 3.8) is 0 Å². The number of ether oxygens (including phenoxy) is 1. The van der Waals surface area contributed by atoms with E-state index in [-0.39, 0.29) is 12.4 Å². The average Bonchev–Trinajstić information content (AvgIpc) is 2.75. The minimum absolute atomic E-state index is 0.246. The van der Waals surface area contributed by atoms with E-state index in [0.29, 0.717) is 18.2 Å². The van der Waals surface area contributed by atoms with Gasteiger partial charge in [-0.2, -0.15) is 0 Å². The number of hydrogen-bond acceptors (Lipinski definition) is 4. The third-order valence-corrected chi connectivity index (χ3v) is 4.98. The summed E-state index contributed by atoms with van der Waals surface area (Å²) < 4.78 is 18.9. The van der Waals surface area contributed by atoms with Gasteiger partial charge in [-0.3, -0.25) is 0 Å². The molecule has 1 saturated heterocycles. The van der Waals surface area contributed by atoms with E-state index in [0.717, 1.165) is 49.8 Å². The summed E-state index contributed by atoms with van der Waals surface area (Å²) in [4.78, 5) is 11.4. The Morgan fingerprint density at radius 3 is 2.79 bits per heavy atom. The quantitative estimate of drug-likeness (QED) is 0.553. The number of nitrogens with one attached hydrogen (secondary N) is 2. The topological polar surface area (TPSA) is 61.8 Å². The summed E-state index contributed by atoms with van der Waals surface area (Å²) in [7, 11) is 1.57. The Bertz CT molecular complexity index is 791. The van der Waals surface area contributed by atoms with Crippen LogP contribution >= 0.6 is 0 Å². The molecule has 7 heteroatoms. The fourth-order valence-electron chi connectivity index (χ4n) is 3.47. The fourth-order valence-corrected chi connectivity index (χ4v) is 3.47. The van der Waals surface area contributed by atoms with Gasteiger partial charge in [-0.15, -0.1) is 0 Å². The van der Waals surface area contributed by atoms with Crippen LogP contribution in [0.25, 0.3) is 0 Å². The highest BCUT2D eigenvalue weighted by molar-refractivity contribution is 5.80. The van der Waals surface area contributed by atoms with Crippen molar-refractivity contribution >= 4 is 11.8 Å². The molecule has 6 nitrogen and oxygen atoms in total. The number of benzene rings is 1. The second-order valence-electron chi connectivity index (χ2n) is 7.15. The van der Waals surface area contributed by atoms with Crippen LogP contribution in [0.3, 0.4) is 0 Å². The first-order valence-corrected chi connectivity index (χ1v) is 10.2. The molecule has 1 aliphatic rings. The zero-order valence-corrected chi connectivity index (χ0v) is 17.2. The first-order chi connectivity index (χ1) is 14.2. The zero-order valence-electron chi connectivity index (χ0n) is 17.2. The third-order valence-electron chi connectivity index (χ3n) is 4.98. The summed E-state index contributed by atoms with van der Waals surface area (Å²) in [5.41, 5.74) is 1.51. The number of piperidine rings is 1. The molecular weight excluding hydrogens is 369 g/mol. The highest BCUT2D eigenvalue weighted by atomic mass is 19.1. The number of guanidine groups is 1. The normalized spacial score (nSPS) is 15.4. The van der Waals surface area contributed by atoms with E-state index < -0.39 is 0 Å². The molecule has 0 unspecified atom stereocenters. The van der Waals surface area contributed by atoms with Gasteiger partial charge in [-0.25, -0.2) is 14.4 Å². The average molecular weight is 400 g/mol. The fraction of sp³-hybridized carbons (Fsp3) is 0.455. The predicted molar refractivity (Wildman–Crippen MR) is 115 cm³/mol. The minimum Gasteiger partial charge on any atom is -0.380 e. The van der Waals surface area contributed by atoms with E-state index in [1.54, 1.807) is 13.2 Å². The van der Waals surface area contributed by atoms with Crippen molar-refractivity contribution in [2.75, 3.05) is 31.6 Å². The molecule has 156 valence electrons. The molecule has 3 rings (SSSR count). The predicted octanol–water partition coefficient (Wildman–Crippen LogP) is 3.09. The number of hydrogen-bond donors (Lipinski definition) is 2. The molecule has 0 atom stereocenters. The van der Waals surface area contributed by atoms with Crippen LogP contribution < -0.4 is 15.5 Å². The van der Waals surface area contributed by atoms with E-state index in [1.165, 1.54) is 6.07 Å². The molecular formula is C22H30FN5O. The molecule has 0 saturated carbocycles. The largest absolute Gasteiger partial charge is 0.380 e. The van der Waals surface area contributed by atoms with Crippen LogP contribution in [0, 0.1) is 5.82 Å². The molecule has 1 aliphatic heterocycles. The summed E-state index contributed by atoms with van der Waals surface area (Å²) in [5.74, 6) is 1.58. The van der Waals surface area contributed by atoms with Crippen LogP contribution in [0.1, 0.15) is 30.9 Å². The van der Waals surface area contributed by atoms with Crippen LogP contribution in [-0.2, 0) is 17.9 Å². The van der Waals surface area contributed by atoms with Crippen LogP contribution in [0.15, 0.2) is 47.6 Å². The molecule has 0 amide bonds. The molecule has 29 heavy (non-hydrogen) atoms.